The van der Waals surface area contributed by atoms with Gasteiger partial charge in [-0.15, -0.1) is 0 Å². The molecule has 1 aromatic rings. The molecule has 0 aliphatic carbocycles. The topological polar surface area (TPSA) is 12.5 Å². The second kappa shape index (κ2) is 6.30. The van der Waals surface area contributed by atoms with Crippen LogP contribution in [-0.2, 0) is 11.2 Å². The summed E-state index contributed by atoms with van der Waals surface area (Å²) in [4.78, 5) is 0. The fourth-order valence-corrected chi connectivity index (χ4v) is 2.80. The van der Waals surface area contributed by atoms with Crippen LogP contribution in [0.2, 0.25) is 0 Å². The van der Waals surface area contributed by atoms with Crippen LogP contribution in [0.1, 0.15) is 70.9 Å². The van der Waals surface area contributed by atoms with Gasteiger partial charge < -0.3 is 4.74 Å². The van der Waals surface area contributed by atoms with Crippen LogP contribution in [-0.4, -0.2) is 11.7 Å². The molecule has 1 nitrogen and oxygen atoms in total. The Morgan fingerprint density at radius 1 is 1.05 bits per heavy atom. The molecule has 0 N–H and O–H groups in total. The van der Waals surface area contributed by atoms with Gasteiger partial charge in [-0.05, 0) is 62.5 Å². The molecule has 1 fully saturated rings. The fraction of sp³-hybridized carbons (Fsp3) is 0.684. The standard InChI is InChI=1S/C19H30O/c1-14(2)17-11-9-16(10-12-17)8-6-15(3)7-13-18-19(4,5)20-18/h9-12,14-15,18H,6-8,13H2,1-5H3. The smallest absolute Gasteiger partial charge is 0.0892 e. The van der Waals surface area contributed by atoms with E-state index in [1.54, 1.807) is 0 Å². The number of hydrogen-bond acceptors (Lipinski definition) is 1. The Morgan fingerprint density at radius 3 is 2.15 bits per heavy atom. The maximum atomic E-state index is 5.65. The zero-order valence-corrected chi connectivity index (χ0v) is 13.8. The molecule has 1 aromatic carbocycles. The minimum Gasteiger partial charge on any atom is -0.367 e. The monoisotopic (exact) mass is 274 g/mol. The van der Waals surface area contributed by atoms with Crippen molar-refractivity contribution < 1.29 is 4.74 Å². The Balaban J connectivity index is 1.69. The van der Waals surface area contributed by atoms with Crippen molar-refractivity contribution in [2.45, 2.75) is 77.9 Å². The zero-order chi connectivity index (χ0) is 14.8. The molecule has 2 unspecified atom stereocenters. The highest BCUT2D eigenvalue weighted by Gasteiger charge is 2.46. The van der Waals surface area contributed by atoms with Crippen LogP contribution in [0.3, 0.4) is 0 Å². The third-order valence-electron chi connectivity index (χ3n) is 4.66. The number of aryl methyl sites for hydroxylation is 1. The largest absolute Gasteiger partial charge is 0.367 e. The van der Waals surface area contributed by atoms with Gasteiger partial charge in [0.05, 0.1) is 11.7 Å². The first-order valence-electron chi connectivity index (χ1n) is 8.15. The normalized spacial score (nSPS) is 22.0. The average Bonchev–Trinajstić information content (AvgIpc) is 3.02. The maximum absolute atomic E-state index is 5.65. The lowest BCUT2D eigenvalue weighted by atomic mass is 9.93. The van der Waals surface area contributed by atoms with E-state index in [0.29, 0.717) is 12.0 Å². The van der Waals surface area contributed by atoms with Crippen molar-refractivity contribution in [3.63, 3.8) is 0 Å². The lowest BCUT2D eigenvalue weighted by Crippen LogP contribution is -2.05. The zero-order valence-electron chi connectivity index (χ0n) is 13.8. The van der Waals surface area contributed by atoms with Crippen molar-refractivity contribution in [2.75, 3.05) is 0 Å². The van der Waals surface area contributed by atoms with E-state index in [0.717, 1.165) is 5.92 Å². The minimum atomic E-state index is 0.159. The van der Waals surface area contributed by atoms with Crippen LogP contribution >= 0.6 is 0 Å². The van der Waals surface area contributed by atoms with Gasteiger partial charge in [-0.2, -0.15) is 0 Å². The van der Waals surface area contributed by atoms with Crippen LogP contribution in [0.5, 0.6) is 0 Å². The molecule has 1 aliphatic rings. The van der Waals surface area contributed by atoms with Crippen LogP contribution in [0.25, 0.3) is 0 Å². The van der Waals surface area contributed by atoms with Crippen molar-refractivity contribution in [2.24, 2.45) is 5.92 Å². The first-order chi connectivity index (χ1) is 9.38. The molecule has 0 spiro atoms. The van der Waals surface area contributed by atoms with Crippen molar-refractivity contribution in [3.8, 4) is 0 Å². The molecule has 2 atom stereocenters. The van der Waals surface area contributed by atoms with E-state index in [1.807, 2.05) is 0 Å². The Morgan fingerprint density at radius 2 is 1.65 bits per heavy atom. The Labute approximate surface area is 124 Å². The molecule has 0 bridgehead atoms. The molecule has 1 saturated heterocycles. The molecule has 1 heteroatoms. The van der Waals surface area contributed by atoms with Gasteiger partial charge in [-0.3, -0.25) is 0 Å². The molecule has 1 aliphatic heterocycles. The molecule has 1 heterocycles. The summed E-state index contributed by atoms with van der Waals surface area (Å²) >= 11 is 0. The Kier molecular flexibility index (Phi) is 4.90. The van der Waals surface area contributed by atoms with E-state index in [2.05, 4.69) is 58.9 Å². The summed E-state index contributed by atoms with van der Waals surface area (Å²) in [5.74, 6) is 1.42. The molecule has 112 valence electrons. The lowest BCUT2D eigenvalue weighted by Gasteiger charge is -2.11. The Bertz CT molecular complexity index is 416. The summed E-state index contributed by atoms with van der Waals surface area (Å²) in [5, 5.41) is 0. The van der Waals surface area contributed by atoms with E-state index in [9.17, 15) is 0 Å². The second-order valence-corrected chi connectivity index (χ2v) is 7.33. The summed E-state index contributed by atoms with van der Waals surface area (Å²) < 4.78 is 5.65. The number of benzene rings is 1. The maximum Gasteiger partial charge on any atom is 0.0892 e. The summed E-state index contributed by atoms with van der Waals surface area (Å²) in [5.41, 5.74) is 3.08. The SMILES string of the molecule is CC(CCc1ccc(C(C)C)cc1)CCC1OC1(C)C. The van der Waals surface area contributed by atoms with Gasteiger partial charge in [0.15, 0.2) is 0 Å². The van der Waals surface area contributed by atoms with E-state index in [4.69, 9.17) is 4.74 Å². The van der Waals surface area contributed by atoms with E-state index < -0.39 is 0 Å². The number of hydrogen-bond donors (Lipinski definition) is 0. The lowest BCUT2D eigenvalue weighted by molar-refractivity contribution is 0.313. The summed E-state index contributed by atoms with van der Waals surface area (Å²) in [6.07, 6.45) is 5.51. The van der Waals surface area contributed by atoms with E-state index in [1.165, 1.54) is 36.8 Å². The highest BCUT2D eigenvalue weighted by atomic mass is 16.6. The van der Waals surface area contributed by atoms with Crippen LogP contribution in [0, 0.1) is 5.92 Å². The third-order valence-corrected chi connectivity index (χ3v) is 4.66. The van der Waals surface area contributed by atoms with Crippen molar-refractivity contribution >= 4 is 0 Å². The van der Waals surface area contributed by atoms with Crippen molar-refractivity contribution in [1.82, 2.24) is 0 Å². The van der Waals surface area contributed by atoms with Gasteiger partial charge in [0.2, 0.25) is 0 Å². The molecule has 0 amide bonds. The molecule has 20 heavy (non-hydrogen) atoms. The van der Waals surface area contributed by atoms with Gasteiger partial charge in [-0.25, -0.2) is 0 Å². The van der Waals surface area contributed by atoms with E-state index in [-0.39, 0.29) is 5.60 Å². The van der Waals surface area contributed by atoms with Gasteiger partial charge in [0, 0.05) is 0 Å². The molecule has 2 rings (SSSR count). The van der Waals surface area contributed by atoms with E-state index >= 15 is 0 Å². The highest BCUT2D eigenvalue weighted by molar-refractivity contribution is 5.24. The van der Waals surface area contributed by atoms with Gasteiger partial charge in [-0.1, -0.05) is 45.0 Å². The first-order valence-corrected chi connectivity index (χ1v) is 8.15. The minimum absolute atomic E-state index is 0.159. The van der Waals surface area contributed by atoms with Gasteiger partial charge >= 0.3 is 0 Å². The third kappa shape index (κ3) is 4.34. The van der Waals surface area contributed by atoms with Crippen molar-refractivity contribution in [1.29, 1.82) is 0 Å². The molecular weight excluding hydrogens is 244 g/mol. The molecule has 0 radical (unpaired) electrons. The quantitative estimate of drug-likeness (QED) is 0.612. The van der Waals surface area contributed by atoms with Crippen LogP contribution in [0.15, 0.2) is 24.3 Å². The second-order valence-electron chi connectivity index (χ2n) is 7.33. The van der Waals surface area contributed by atoms with Crippen LogP contribution < -0.4 is 0 Å². The number of epoxide rings is 1. The number of rotatable bonds is 7. The number of ether oxygens (including phenoxy) is 1. The molecule has 0 saturated carbocycles. The van der Waals surface area contributed by atoms with Gasteiger partial charge in [0.25, 0.3) is 0 Å². The van der Waals surface area contributed by atoms with Crippen LogP contribution in [0.4, 0.5) is 0 Å². The van der Waals surface area contributed by atoms with Gasteiger partial charge in [0.1, 0.15) is 0 Å². The first kappa shape index (κ1) is 15.6. The molecule has 0 aromatic heterocycles. The average molecular weight is 274 g/mol. The highest BCUT2D eigenvalue weighted by Crippen LogP contribution is 2.39. The predicted octanol–water partition coefficient (Wildman–Crippen LogP) is 5.34. The summed E-state index contributed by atoms with van der Waals surface area (Å²) in [6.45, 7) is 11.3. The summed E-state index contributed by atoms with van der Waals surface area (Å²) in [7, 11) is 0. The summed E-state index contributed by atoms with van der Waals surface area (Å²) in [6, 6.07) is 9.17. The fourth-order valence-electron chi connectivity index (χ4n) is 2.80. The Hall–Kier alpha value is -0.820. The van der Waals surface area contributed by atoms with Crippen molar-refractivity contribution in [3.05, 3.63) is 35.4 Å². The predicted molar refractivity (Wildman–Crippen MR) is 86.2 cm³/mol. The molecular formula is C19H30O.